The molecule has 314 valence electrons. The summed E-state index contributed by atoms with van der Waals surface area (Å²) in [6.07, 6.45) is 5.26. The maximum absolute atomic E-state index is 15.1. The molecule has 0 radical (unpaired) electrons. The Morgan fingerprint density at radius 1 is 0.694 bits per heavy atom. The lowest BCUT2D eigenvalue weighted by Gasteiger charge is -2.36. The molecule has 0 spiro atoms. The van der Waals surface area contributed by atoms with Gasteiger partial charge in [0.1, 0.15) is 17.9 Å². The Morgan fingerprint density at radius 3 is 1.98 bits per heavy atom. The molecule has 8 rings (SSSR count). The van der Waals surface area contributed by atoms with Crippen molar-refractivity contribution in [2.75, 3.05) is 0 Å². The van der Waals surface area contributed by atoms with Gasteiger partial charge in [0.05, 0.1) is 28.9 Å². The van der Waals surface area contributed by atoms with E-state index < -0.39 is 53.6 Å². The van der Waals surface area contributed by atoms with Crippen LogP contribution in [0.5, 0.6) is 0 Å². The fourth-order valence-electron chi connectivity index (χ4n) is 9.04. The number of carbonyl (C=O) groups excluding carboxylic acids is 4. The molecule has 6 aromatic rings. The number of benzene rings is 3. The van der Waals surface area contributed by atoms with Gasteiger partial charge in [-0.05, 0) is 116 Å². The number of carbonyl (C=O) groups is 4. The molecule has 0 bridgehead atoms. The number of rotatable bonds is 12. The number of primary amides is 2. The molecule has 11 nitrogen and oxygen atoms in total. The summed E-state index contributed by atoms with van der Waals surface area (Å²) in [6.45, 7) is 3.44. The highest BCUT2D eigenvalue weighted by Crippen LogP contribution is 2.45. The first-order valence-electron chi connectivity index (χ1n) is 20.2. The van der Waals surface area contributed by atoms with Crippen molar-refractivity contribution in [1.82, 2.24) is 24.8 Å². The van der Waals surface area contributed by atoms with Crippen molar-refractivity contribution in [3.05, 3.63) is 193 Å². The summed E-state index contributed by atoms with van der Waals surface area (Å²) in [4.78, 5) is 72.7. The second-order valence-electron chi connectivity index (χ2n) is 15.6. The van der Waals surface area contributed by atoms with Crippen LogP contribution in [0.3, 0.4) is 0 Å². The largest absolute Gasteiger partial charge is 0.368 e. The molecule has 2 aliphatic rings. The van der Waals surface area contributed by atoms with E-state index in [9.17, 15) is 19.2 Å². The summed E-state index contributed by atoms with van der Waals surface area (Å²) in [5, 5.41) is 0.777. The molecular formula is C48H42Cl2FN7O4. The summed E-state index contributed by atoms with van der Waals surface area (Å²) < 4.78 is 15.1. The lowest BCUT2D eigenvalue weighted by molar-refractivity contribution is -0.124. The number of nitrogens with two attached hydrogens (primary N) is 2. The van der Waals surface area contributed by atoms with Crippen molar-refractivity contribution in [3.8, 4) is 0 Å². The molecule has 0 saturated carbocycles. The van der Waals surface area contributed by atoms with Crippen LogP contribution in [0.15, 0.2) is 109 Å². The van der Waals surface area contributed by atoms with E-state index in [1.807, 2.05) is 18.2 Å². The van der Waals surface area contributed by atoms with E-state index >= 15 is 4.39 Å². The number of aryl methyl sites for hydroxylation is 2. The molecule has 4 amide bonds. The van der Waals surface area contributed by atoms with Crippen LogP contribution in [-0.4, -0.2) is 48.4 Å². The normalized spacial score (nSPS) is 16.2. The third kappa shape index (κ3) is 8.03. The average molecular weight is 871 g/mol. The van der Waals surface area contributed by atoms with Crippen LogP contribution in [0.4, 0.5) is 4.39 Å². The predicted octanol–water partition coefficient (Wildman–Crippen LogP) is 8.24. The van der Waals surface area contributed by atoms with Crippen LogP contribution >= 0.6 is 23.2 Å². The highest BCUT2D eigenvalue weighted by molar-refractivity contribution is 6.31. The quantitative estimate of drug-likeness (QED) is 0.125. The Bertz CT molecular complexity index is 2740. The molecule has 4 atom stereocenters. The molecule has 0 saturated heterocycles. The summed E-state index contributed by atoms with van der Waals surface area (Å²) in [6, 6.07) is 23.9. The number of amides is 4. The molecule has 14 heteroatoms. The third-order valence-corrected chi connectivity index (χ3v) is 12.5. The molecule has 2 aliphatic carbocycles. The summed E-state index contributed by atoms with van der Waals surface area (Å²) in [5.74, 6) is -2.83. The van der Waals surface area contributed by atoms with Crippen LogP contribution in [0, 0.1) is 19.7 Å². The molecular weight excluding hydrogens is 828 g/mol. The Morgan fingerprint density at radius 2 is 1.34 bits per heavy atom. The second-order valence-corrected chi connectivity index (χ2v) is 16.5. The van der Waals surface area contributed by atoms with E-state index in [0.29, 0.717) is 81.3 Å². The highest BCUT2D eigenvalue weighted by atomic mass is 35.5. The standard InChI is InChI=1S/C48H42Cl2FN7O4/c1-26-33(11-7-21-54-26)47(61)57(41-19-17-35-37(41)10-6-12-39(35)50)44(46(53)60)29-13-14-31(55-25-29)24-32-15-16-34(27(2)56-32)48(62)58(43(45(52)59)28-8-4-3-5-9-28)42-20-18-36-38(42)22-30(49)23-40(36)51/h3-16,21-23,25,41-44H,17-20,24H2,1-2H3,(H2,52,59)(H2,53,60)/t41-,42-,43-,44-/m1/s1. The topological polar surface area (TPSA) is 165 Å². The van der Waals surface area contributed by atoms with E-state index in [-0.39, 0.29) is 17.0 Å². The van der Waals surface area contributed by atoms with Crippen LogP contribution < -0.4 is 11.5 Å². The number of fused-ring (bicyclic) bond motifs is 2. The van der Waals surface area contributed by atoms with Crippen molar-refractivity contribution >= 4 is 46.8 Å². The van der Waals surface area contributed by atoms with Crippen molar-refractivity contribution in [2.24, 2.45) is 11.5 Å². The number of aromatic nitrogens is 3. The number of halogens is 3. The Labute approximate surface area is 367 Å². The van der Waals surface area contributed by atoms with Gasteiger partial charge in [-0.1, -0.05) is 71.7 Å². The van der Waals surface area contributed by atoms with Crippen molar-refractivity contribution < 1.29 is 23.6 Å². The molecule has 62 heavy (non-hydrogen) atoms. The minimum Gasteiger partial charge on any atom is -0.368 e. The first-order chi connectivity index (χ1) is 29.8. The Kier molecular flexibility index (Phi) is 11.9. The molecule has 0 fully saturated rings. The monoisotopic (exact) mass is 869 g/mol. The predicted molar refractivity (Wildman–Crippen MR) is 233 cm³/mol. The van der Waals surface area contributed by atoms with Crippen molar-refractivity contribution in [1.29, 1.82) is 0 Å². The smallest absolute Gasteiger partial charge is 0.257 e. The van der Waals surface area contributed by atoms with Gasteiger partial charge in [0.2, 0.25) is 11.8 Å². The first-order valence-corrected chi connectivity index (χ1v) is 20.9. The van der Waals surface area contributed by atoms with Gasteiger partial charge in [0.15, 0.2) is 0 Å². The average Bonchev–Trinajstić information content (AvgIpc) is 3.87. The zero-order valence-corrected chi connectivity index (χ0v) is 35.4. The van der Waals surface area contributed by atoms with Crippen molar-refractivity contribution in [2.45, 2.75) is 70.1 Å². The Hall–Kier alpha value is -6.50. The molecule has 3 aromatic heterocycles. The first kappa shape index (κ1) is 42.2. The van der Waals surface area contributed by atoms with E-state index in [1.165, 1.54) is 15.9 Å². The molecule has 0 aliphatic heterocycles. The van der Waals surface area contributed by atoms with Gasteiger partial charge in [-0.3, -0.25) is 34.1 Å². The number of pyridine rings is 3. The molecule has 3 heterocycles. The Balaban J connectivity index is 1.09. The fourth-order valence-corrected chi connectivity index (χ4v) is 9.53. The van der Waals surface area contributed by atoms with E-state index in [4.69, 9.17) is 39.7 Å². The maximum Gasteiger partial charge on any atom is 0.257 e. The van der Waals surface area contributed by atoms with Crippen LogP contribution in [-0.2, 0) is 28.9 Å². The van der Waals surface area contributed by atoms with Crippen molar-refractivity contribution in [3.63, 3.8) is 0 Å². The molecule has 3 aromatic carbocycles. The van der Waals surface area contributed by atoms with Gasteiger partial charge in [0.25, 0.3) is 11.8 Å². The van der Waals surface area contributed by atoms with Gasteiger partial charge < -0.3 is 21.3 Å². The lowest BCUT2D eigenvalue weighted by atomic mass is 9.97. The van der Waals surface area contributed by atoms with Gasteiger partial charge in [-0.25, -0.2) is 4.39 Å². The lowest BCUT2D eigenvalue weighted by Crippen LogP contribution is -2.44. The van der Waals surface area contributed by atoms with Gasteiger partial charge in [-0.2, -0.15) is 0 Å². The summed E-state index contributed by atoms with van der Waals surface area (Å²) >= 11 is 12.9. The second kappa shape index (κ2) is 17.5. The van der Waals surface area contributed by atoms with Gasteiger partial charge in [0, 0.05) is 51.5 Å². The van der Waals surface area contributed by atoms with E-state index in [1.54, 1.807) is 99.0 Å². The van der Waals surface area contributed by atoms with Crippen LogP contribution in [0.25, 0.3) is 0 Å². The summed E-state index contributed by atoms with van der Waals surface area (Å²) in [7, 11) is 0. The molecule has 0 unspecified atom stereocenters. The molecule has 4 N–H and O–H groups in total. The summed E-state index contributed by atoms with van der Waals surface area (Å²) in [5.41, 5.74) is 18.5. The van der Waals surface area contributed by atoms with Gasteiger partial charge >= 0.3 is 0 Å². The minimum absolute atomic E-state index is 0.181. The van der Waals surface area contributed by atoms with Crippen LogP contribution in [0.1, 0.15) is 114 Å². The zero-order valence-electron chi connectivity index (χ0n) is 33.9. The zero-order chi connectivity index (χ0) is 43.8. The fraction of sp³-hybridized carbons (Fsp3) is 0.229. The van der Waals surface area contributed by atoms with Crippen LogP contribution in [0.2, 0.25) is 10.0 Å². The number of nitrogens with zero attached hydrogens (tertiary/aromatic N) is 5. The SMILES string of the molecule is Cc1nc(Cc2ccc([C@H](C(N)=O)N(C(=O)c3cccnc3C)[C@@H]3CCc4c(Cl)cccc43)cn2)ccc1C(=O)N([C@@H]1CCc2c(F)cc(Cl)cc21)[C@@H](C(N)=O)c1ccccc1. The van der Waals surface area contributed by atoms with E-state index in [2.05, 4.69) is 9.97 Å². The van der Waals surface area contributed by atoms with E-state index in [0.717, 1.165) is 11.1 Å². The van der Waals surface area contributed by atoms with Gasteiger partial charge in [-0.15, -0.1) is 0 Å². The minimum atomic E-state index is -1.17. The number of hydrogen-bond donors (Lipinski definition) is 2. The maximum atomic E-state index is 15.1. The highest BCUT2D eigenvalue weighted by Gasteiger charge is 2.42. The third-order valence-electron chi connectivity index (χ3n) is 11.9. The number of hydrogen-bond acceptors (Lipinski definition) is 7.